The van der Waals surface area contributed by atoms with Crippen LogP contribution in [-0.2, 0) is 0 Å². The van der Waals surface area contributed by atoms with Crippen molar-refractivity contribution in [2.45, 2.75) is 33.0 Å². The van der Waals surface area contributed by atoms with Gasteiger partial charge in [0, 0.05) is 37.6 Å². The molecule has 176 valence electrons. The van der Waals surface area contributed by atoms with E-state index >= 15 is 0 Å². The van der Waals surface area contributed by atoms with Gasteiger partial charge in [0.2, 0.25) is 0 Å². The van der Waals surface area contributed by atoms with E-state index in [4.69, 9.17) is 0 Å². The highest BCUT2D eigenvalue weighted by Crippen LogP contribution is 2.26. The van der Waals surface area contributed by atoms with Crippen LogP contribution in [0.2, 0.25) is 0 Å². The van der Waals surface area contributed by atoms with Crippen LogP contribution in [0.1, 0.15) is 18.1 Å². The van der Waals surface area contributed by atoms with Crippen molar-refractivity contribution in [1.82, 2.24) is 24.4 Å². The number of para-hydroxylation sites is 1. The average molecular weight is 458 g/mol. The van der Waals surface area contributed by atoms with E-state index in [9.17, 15) is 5.11 Å². The zero-order valence-corrected chi connectivity index (χ0v) is 19.9. The van der Waals surface area contributed by atoms with E-state index in [2.05, 4.69) is 62.1 Å². The van der Waals surface area contributed by atoms with Crippen LogP contribution >= 0.6 is 0 Å². The molecule has 1 fully saturated rings. The van der Waals surface area contributed by atoms with Crippen LogP contribution in [0.25, 0.3) is 16.9 Å². The lowest BCUT2D eigenvalue weighted by atomic mass is 10.1. The van der Waals surface area contributed by atoms with E-state index in [1.807, 2.05) is 41.8 Å². The van der Waals surface area contributed by atoms with Crippen LogP contribution in [0.4, 0.5) is 11.5 Å². The second kappa shape index (κ2) is 9.40. The van der Waals surface area contributed by atoms with Gasteiger partial charge in [0.15, 0.2) is 17.0 Å². The minimum Gasteiger partial charge on any atom is -0.390 e. The first-order valence-corrected chi connectivity index (χ1v) is 11.8. The van der Waals surface area contributed by atoms with E-state index in [1.54, 1.807) is 12.7 Å². The van der Waals surface area contributed by atoms with E-state index in [0.717, 1.165) is 37.5 Å². The molecule has 8 nitrogen and oxygen atoms in total. The number of piperazine rings is 1. The number of fused-ring (bicyclic) bond motifs is 1. The van der Waals surface area contributed by atoms with Gasteiger partial charge < -0.3 is 15.3 Å². The number of rotatable bonds is 6. The van der Waals surface area contributed by atoms with Gasteiger partial charge in [-0.15, -0.1) is 0 Å². The topological polar surface area (TPSA) is 82.3 Å². The Bertz CT molecular complexity index is 1260. The number of anilines is 2. The van der Waals surface area contributed by atoms with Gasteiger partial charge in [-0.2, -0.15) is 0 Å². The number of nitrogens with one attached hydrogen (secondary N) is 1. The van der Waals surface area contributed by atoms with E-state index in [-0.39, 0.29) is 6.17 Å². The van der Waals surface area contributed by atoms with E-state index in [0.29, 0.717) is 11.3 Å². The molecular weight excluding hydrogens is 426 g/mol. The zero-order chi connectivity index (χ0) is 23.7. The van der Waals surface area contributed by atoms with Crippen LogP contribution in [0.3, 0.4) is 0 Å². The number of aliphatic hydroxyl groups excluding tert-OH is 1. The quantitative estimate of drug-likeness (QED) is 0.459. The molecule has 1 saturated heterocycles. The second-order valence-electron chi connectivity index (χ2n) is 8.92. The molecule has 0 saturated carbocycles. The Morgan fingerprint density at radius 1 is 0.912 bits per heavy atom. The Kier molecular flexibility index (Phi) is 6.17. The summed E-state index contributed by atoms with van der Waals surface area (Å²) in [6, 6.07) is 16.5. The monoisotopic (exact) mass is 457 g/mol. The van der Waals surface area contributed by atoms with Gasteiger partial charge in [0.05, 0.1) is 6.10 Å². The normalized spacial score (nSPS) is 16.5. The predicted molar refractivity (Wildman–Crippen MR) is 135 cm³/mol. The van der Waals surface area contributed by atoms with Crippen molar-refractivity contribution in [2.75, 3.05) is 36.4 Å². The van der Waals surface area contributed by atoms with E-state index in [1.165, 1.54) is 16.8 Å². The minimum absolute atomic E-state index is 0.277. The summed E-state index contributed by atoms with van der Waals surface area (Å²) >= 11 is 0. The molecule has 4 aromatic rings. The lowest BCUT2D eigenvalue weighted by Crippen LogP contribution is -2.56. The molecule has 0 aliphatic carbocycles. The molecule has 0 radical (unpaired) electrons. The smallest absolute Gasteiger partial charge is 0.170 e. The van der Waals surface area contributed by atoms with Crippen LogP contribution in [0, 0.1) is 13.8 Å². The molecule has 0 spiro atoms. The molecule has 1 aliphatic heterocycles. The van der Waals surface area contributed by atoms with Gasteiger partial charge in [0.1, 0.15) is 18.8 Å². The summed E-state index contributed by atoms with van der Waals surface area (Å²) in [5, 5.41) is 14.1. The molecule has 3 heterocycles. The maximum absolute atomic E-state index is 10.7. The molecule has 8 heteroatoms. The highest BCUT2D eigenvalue weighted by atomic mass is 16.3. The molecule has 2 unspecified atom stereocenters. The Morgan fingerprint density at radius 2 is 1.68 bits per heavy atom. The Hall–Kier alpha value is -3.49. The van der Waals surface area contributed by atoms with Gasteiger partial charge in [-0.05, 0) is 50.1 Å². The molecule has 34 heavy (non-hydrogen) atoms. The molecule has 0 amide bonds. The number of hydrogen-bond donors (Lipinski definition) is 2. The van der Waals surface area contributed by atoms with Crippen LogP contribution in [0.5, 0.6) is 0 Å². The zero-order valence-electron chi connectivity index (χ0n) is 19.9. The maximum atomic E-state index is 10.7. The highest BCUT2D eigenvalue weighted by Gasteiger charge is 2.29. The predicted octanol–water partition coefficient (Wildman–Crippen LogP) is 3.37. The standard InChI is InChI=1S/C26H31N7O/c1-18-8-7-11-22(19(18)2)31-12-14-32(15-13-31)25(20(3)34)30-24-23-26(28-16-27-24)33(17-29-23)21-9-5-4-6-10-21/h4-11,16-17,20,25,34H,12-15H2,1-3H3,(H,27,28,30). The maximum Gasteiger partial charge on any atom is 0.170 e. The lowest BCUT2D eigenvalue weighted by molar-refractivity contribution is 0.0720. The molecule has 2 N–H and O–H groups in total. The Balaban J connectivity index is 1.35. The van der Waals surface area contributed by atoms with Crippen molar-refractivity contribution < 1.29 is 5.11 Å². The van der Waals surface area contributed by atoms with Crippen molar-refractivity contribution >= 4 is 22.7 Å². The largest absolute Gasteiger partial charge is 0.390 e. The number of aryl methyl sites for hydroxylation is 1. The van der Waals surface area contributed by atoms with Crippen molar-refractivity contribution in [2.24, 2.45) is 0 Å². The number of aromatic nitrogens is 4. The van der Waals surface area contributed by atoms with Crippen molar-refractivity contribution in [3.05, 3.63) is 72.3 Å². The third-order valence-electron chi connectivity index (χ3n) is 6.73. The summed E-state index contributed by atoms with van der Waals surface area (Å²) in [5.41, 5.74) is 6.35. The molecule has 2 atom stereocenters. The highest BCUT2D eigenvalue weighted by molar-refractivity contribution is 5.84. The average Bonchev–Trinajstić information content (AvgIpc) is 3.30. The molecule has 2 aromatic carbocycles. The number of hydrogen-bond acceptors (Lipinski definition) is 7. The molecule has 1 aliphatic rings. The van der Waals surface area contributed by atoms with Gasteiger partial charge in [0.25, 0.3) is 0 Å². The lowest BCUT2D eigenvalue weighted by Gasteiger charge is -2.42. The van der Waals surface area contributed by atoms with Crippen LogP contribution in [-0.4, -0.2) is 68.0 Å². The fourth-order valence-corrected chi connectivity index (χ4v) is 4.69. The van der Waals surface area contributed by atoms with Gasteiger partial charge in [-0.3, -0.25) is 9.47 Å². The van der Waals surface area contributed by atoms with Crippen LogP contribution in [0.15, 0.2) is 61.2 Å². The fourth-order valence-electron chi connectivity index (χ4n) is 4.69. The Labute approximate surface area is 199 Å². The molecule has 0 bridgehead atoms. The van der Waals surface area contributed by atoms with Crippen molar-refractivity contribution in [3.8, 4) is 5.69 Å². The number of imidazole rings is 1. The van der Waals surface area contributed by atoms with Gasteiger partial charge >= 0.3 is 0 Å². The van der Waals surface area contributed by atoms with Gasteiger partial charge in [-0.25, -0.2) is 15.0 Å². The summed E-state index contributed by atoms with van der Waals surface area (Å²) in [5.74, 6) is 0.627. The number of aliphatic hydroxyl groups is 1. The minimum atomic E-state index is -0.589. The third-order valence-corrected chi connectivity index (χ3v) is 6.73. The summed E-state index contributed by atoms with van der Waals surface area (Å²) in [6.45, 7) is 9.63. The first kappa shape index (κ1) is 22.3. The number of nitrogens with zero attached hydrogens (tertiary/aromatic N) is 6. The van der Waals surface area contributed by atoms with E-state index < -0.39 is 6.10 Å². The number of benzene rings is 2. The fraction of sp³-hybridized carbons (Fsp3) is 0.346. The summed E-state index contributed by atoms with van der Waals surface area (Å²) in [4.78, 5) is 18.2. The summed E-state index contributed by atoms with van der Waals surface area (Å²) < 4.78 is 1.95. The van der Waals surface area contributed by atoms with Crippen molar-refractivity contribution in [3.63, 3.8) is 0 Å². The third kappa shape index (κ3) is 4.22. The molecule has 2 aromatic heterocycles. The molecular formula is C26H31N7O. The first-order valence-electron chi connectivity index (χ1n) is 11.8. The van der Waals surface area contributed by atoms with Crippen LogP contribution < -0.4 is 10.2 Å². The SMILES string of the molecule is Cc1cccc(N2CCN(C(Nc3ncnc4c3ncn4-c3ccccc3)C(C)O)CC2)c1C. The molecule has 5 rings (SSSR count). The second-order valence-corrected chi connectivity index (χ2v) is 8.92. The first-order chi connectivity index (χ1) is 16.5. The van der Waals surface area contributed by atoms with Crippen molar-refractivity contribution in [1.29, 1.82) is 0 Å². The summed E-state index contributed by atoms with van der Waals surface area (Å²) in [7, 11) is 0. The van der Waals surface area contributed by atoms with Gasteiger partial charge in [-0.1, -0.05) is 30.3 Å². The Morgan fingerprint density at radius 3 is 2.41 bits per heavy atom. The summed E-state index contributed by atoms with van der Waals surface area (Å²) in [6.07, 6.45) is 2.44.